The SMILES string of the molecule is CC(C)C(C)NC(=O)CNc1ccc(OC(F)F)c(Cl)c1. The number of ether oxygens (including phenoxy) is 1. The van der Waals surface area contributed by atoms with Crippen molar-refractivity contribution >= 4 is 23.2 Å². The third kappa shape index (κ3) is 6.16. The van der Waals surface area contributed by atoms with Crippen LogP contribution in [-0.4, -0.2) is 25.1 Å². The molecular formula is C14H19ClF2N2O2. The minimum atomic E-state index is -2.93. The predicted molar refractivity (Wildman–Crippen MR) is 79.0 cm³/mol. The van der Waals surface area contributed by atoms with E-state index in [1.807, 2.05) is 20.8 Å². The Bertz CT molecular complexity index is 484. The summed E-state index contributed by atoms with van der Waals surface area (Å²) in [6.07, 6.45) is 0. The molecule has 1 atom stereocenters. The highest BCUT2D eigenvalue weighted by molar-refractivity contribution is 6.32. The van der Waals surface area contributed by atoms with Gasteiger partial charge in [-0.15, -0.1) is 0 Å². The summed E-state index contributed by atoms with van der Waals surface area (Å²) in [4.78, 5) is 11.7. The van der Waals surface area contributed by atoms with Crippen molar-refractivity contribution in [2.24, 2.45) is 5.92 Å². The van der Waals surface area contributed by atoms with E-state index in [2.05, 4.69) is 15.4 Å². The quantitative estimate of drug-likeness (QED) is 0.808. The smallest absolute Gasteiger partial charge is 0.387 e. The first-order chi connectivity index (χ1) is 9.79. The molecule has 0 fully saturated rings. The molecular weight excluding hydrogens is 302 g/mol. The van der Waals surface area contributed by atoms with E-state index >= 15 is 0 Å². The Labute approximate surface area is 127 Å². The summed E-state index contributed by atoms with van der Waals surface area (Å²) in [6, 6.07) is 4.34. The molecule has 1 unspecified atom stereocenters. The molecule has 1 aromatic carbocycles. The lowest BCUT2D eigenvalue weighted by atomic mass is 10.1. The number of benzene rings is 1. The lowest BCUT2D eigenvalue weighted by Gasteiger charge is -2.18. The van der Waals surface area contributed by atoms with Crippen LogP contribution in [0.15, 0.2) is 18.2 Å². The van der Waals surface area contributed by atoms with Gasteiger partial charge in [-0.2, -0.15) is 8.78 Å². The largest absolute Gasteiger partial charge is 0.433 e. The molecule has 0 aliphatic heterocycles. The van der Waals surface area contributed by atoms with Crippen LogP contribution in [0.1, 0.15) is 20.8 Å². The Morgan fingerprint density at radius 3 is 2.52 bits per heavy atom. The van der Waals surface area contributed by atoms with Gasteiger partial charge in [-0.05, 0) is 31.0 Å². The average Bonchev–Trinajstić information content (AvgIpc) is 2.38. The number of nitrogens with one attached hydrogen (secondary N) is 2. The molecule has 0 bridgehead atoms. The van der Waals surface area contributed by atoms with E-state index in [0.29, 0.717) is 11.6 Å². The fourth-order valence-electron chi connectivity index (χ4n) is 1.46. The number of carbonyl (C=O) groups is 1. The van der Waals surface area contributed by atoms with Crippen molar-refractivity contribution in [3.8, 4) is 5.75 Å². The van der Waals surface area contributed by atoms with Gasteiger partial charge in [-0.25, -0.2) is 0 Å². The van der Waals surface area contributed by atoms with Gasteiger partial charge < -0.3 is 15.4 Å². The molecule has 4 nitrogen and oxygen atoms in total. The van der Waals surface area contributed by atoms with Crippen LogP contribution in [0.4, 0.5) is 14.5 Å². The van der Waals surface area contributed by atoms with Gasteiger partial charge >= 0.3 is 6.61 Å². The highest BCUT2D eigenvalue weighted by Crippen LogP contribution is 2.28. The van der Waals surface area contributed by atoms with Crippen LogP contribution in [0.5, 0.6) is 5.75 Å². The van der Waals surface area contributed by atoms with E-state index in [1.54, 1.807) is 0 Å². The van der Waals surface area contributed by atoms with Crippen LogP contribution in [0.25, 0.3) is 0 Å². The number of halogens is 3. The second-order valence-corrected chi connectivity index (χ2v) is 5.38. The highest BCUT2D eigenvalue weighted by Gasteiger charge is 2.12. The second-order valence-electron chi connectivity index (χ2n) is 4.98. The molecule has 0 spiro atoms. The van der Waals surface area contributed by atoms with Crippen LogP contribution in [-0.2, 0) is 4.79 Å². The van der Waals surface area contributed by atoms with E-state index in [9.17, 15) is 13.6 Å². The first kappa shape index (κ1) is 17.5. The summed E-state index contributed by atoms with van der Waals surface area (Å²) in [7, 11) is 0. The normalized spacial score (nSPS) is 12.4. The van der Waals surface area contributed by atoms with Crippen LogP contribution >= 0.6 is 11.6 Å². The zero-order valence-corrected chi connectivity index (χ0v) is 12.9. The summed E-state index contributed by atoms with van der Waals surface area (Å²) >= 11 is 5.82. The molecule has 0 aliphatic rings. The molecule has 1 amide bonds. The van der Waals surface area contributed by atoms with Crippen LogP contribution in [0.3, 0.4) is 0 Å². The van der Waals surface area contributed by atoms with Gasteiger partial charge in [-0.1, -0.05) is 25.4 Å². The lowest BCUT2D eigenvalue weighted by molar-refractivity contribution is -0.120. The maximum absolute atomic E-state index is 12.1. The fraction of sp³-hybridized carbons (Fsp3) is 0.500. The second kappa shape index (κ2) is 8.02. The van der Waals surface area contributed by atoms with Crippen LogP contribution in [0.2, 0.25) is 5.02 Å². The third-order valence-electron chi connectivity index (χ3n) is 2.99. The molecule has 1 rings (SSSR count). The molecule has 0 aliphatic carbocycles. The number of hydrogen-bond acceptors (Lipinski definition) is 3. The van der Waals surface area contributed by atoms with Crippen molar-refractivity contribution in [1.29, 1.82) is 0 Å². The highest BCUT2D eigenvalue weighted by atomic mass is 35.5. The number of anilines is 1. The van der Waals surface area contributed by atoms with E-state index in [1.165, 1.54) is 18.2 Å². The summed E-state index contributed by atoms with van der Waals surface area (Å²) in [5, 5.41) is 5.77. The van der Waals surface area contributed by atoms with Gasteiger partial charge in [-0.3, -0.25) is 4.79 Å². The Kier molecular flexibility index (Phi) is 6.68. The first-order valence-corrected chi connectivity index (χ1v) is 6.95. The van der Waals surface area contributed by atoms with Crippen LogP contribution in [0, 0.1) is 5.92 Å². The van der Waals surface area contributed by atoms with Gasteiger partial charge in [0.05, 0.1) is 11.6 Å². The Balaban J connectivity index is 2.52. The van der Waals surface area contributed by atoms with Crippen molar-refractivity contribution in [2.45, 2.75) is 33.4 Å². The van der Waals surface area contributed by atoms with E-state index in [4.69, 9.17) is 11.6 Å². The summed E-state index contributed by atoms with van der Waals surface area (Å²) < 4.78 is 28.4. The molecule has 21 heavy (non-hydrogen) atoms. The van der Waals surface area contributed by atoms with Crippen molar-refractivity contribution in [3.63, 3.8) is 0 Å². The van der Waals surface area contributed by atoms with Crippen molar-refractivity contribution in [2.75, 3.05) is 11.9 Å². The maximum Gasteiger partial charge on any atom is 0.387 e. The van der Waals surface area contributed by atoms with Crippen LogP contribution < -0.4 is 15.4 Å². The van der Waals surface area contributed by atoms with E-state index in [0.717, 1.165) is 0 Å². The Hall–Kier alpha value is -1.56. The van der Waals surface area contributed by atoms with Crippen molar-refractivity contribution in [3.05, 3.63) is 23.2 Å². The minimum Gasteiger partial charge on any atom is -0.433 e. The molecule has 2 N–H and O–H groups in total. The maximum atomic E-state index is 12.1. The predicted octanol–water partition coefficient (Wildman–Crippen LogP) is 3.51. The molecule has 0 radical (unpaired) electrons. The number of alkyl halides is 2. The number of hydrogen-bond donors (Lipinski definition) is 2. The van der Waals surface area contributed by atoms with Crippen molar-refractivity contribution in [1.82, 2.24) is 5.32 Å². The van der Waals surface area contributed by atoms with Gasteiger partial charge in [0.2, 0.25) is 5.91 Å². The van der Waals surface area contributed by atoms with E-state index in [-0.39, 0.29) is 29.3 Å². The number of rotatable bonds is 7. The molecule has 0 saturated heterocycles. The van der Waals surface area contributed by atoms with Gasteiger partial charge in [0.15, 0.2) is 0 Å². The molecule has 0 heterocycles. The summed E-state index contributed by atoms with van der Waals surface area (Å²) in [6.45, 7) is 3.10. The fourth-order valence-corrected chi connectivity index (χ4v) is 1.68. The monoisotopic (exact) mass is 320 g/mol. The Morgan fingerprint density at radius 2 is 2.00 bits per heavy atom. The molecule has 118 valence electrons. The average molecular weight is 321 g/mol. The standard InChI is InChI=1S/C14H19ClF2N2O2/c1-8(2)9(3)19-13(20)7-18-10-4-5-12(11(15)6-10)21-14(16)17/h4-6,8-9,14,18H,7H2,1-3H3,(H,19,20). The summed E-state index contributed by atoms with van der Waals surface area (Å²) in [5.41, 5.74) is 0.550. The zero-order valence-electron chi connectivity index (χ0n) is 12.1. The molecule has 7 heteroatoms. The Morgan fingerprint density at radius 1 is 1.33 bits per heavy atom. The lowest BCUT2D eigenvalue weighted by Crippen LogP contribution is -2.39. The van der Waals surface area contributed by atoms with Gasteiger partial charge in [0.25, 0.3) is 0 Å². The molecule has 0 aromatic heterocycles. The third-order valence-corrected chi connectivity index (χ3v) is 3.29. The van der Waals surface area contributed by atoms with E-state index < -0.39 is 6.61 Å². The first-order valence-electron chi connectivity index (χ1n) is 6.57. The van der Waals surface area contributed by atoms with Gasteiger partial charge in [0.1, 0.15) is 5.75 Å². The topological polar surface area (TPSA) is 50.4 Å². The number of carbonyl (C=O) groups excluding carboxylic acids is 1. The summed E-state index contributed by atoms with van der Waals surface area (Å²) in [5.74, 6) is 0.0875. The molecule has 0 saturated carbocycles. The zero-order chi connectivity index (χ0) is 16.0. The number of amides is 1. The molecule has 1 aromatic rings. The minimum absolute atomic E-state index is 0.0521. The van der Waals surface area contributed by atoms with Gasteiger partial charge in [0, 0.05) is 11.7 Å². The van der Waals surface area contributed by atoms with Crippen molar-refractivity contribution < 1.29 is 18.3 Å².